The van der Waals surface area contributed by atoms with Crippen molar-refractivity contribution in [2.75, 3.05) is 12.9 Å². The molecule has 1 rings (SSSR count). The van der Waals surface area contributed by atoms with E-state index in [1.54, 1.807) is 18.6 Å². The fourth-order valence-corrected chi connectivity index (χ4v) is 2.76. The molecule has 0 amide bonds. The summed E-state index contributed by atoms with van der Waals surface area (Å²) in [5, 5.41) is 21.3. The molecule has 2 unspecified atom stereocenters. The fourth-order valence-electron chi connectivity index (χ4n) is 1.29. The summed E-state index contributed by atoms with van der Waals surface area (Å²) in [5.41, 5.74) is 0.665. The first-order valence-electron chi connectivity index (χ1n) is 5.10. The van der Waals surface area contributed by atoms with Gasteiger partial charge in [0, 0.05) is 24.7 Å². The third-order valence-electron chi connectivity index (χ3n) is 2.12. The summed E-state index contributed by atoms with van der Waals surface area (Å²) in [5.74, 6) is 0.200. The van der Waals surface area contributed by atoms with Crippen LogP contribution in [-0.2, 0) is 16.1 Å². The largest absolute Gasteiger partial charge is 0.389 e. The zero-order valence-electron chi connectivity index (χ0n) is 9.75. The van der Waals surface area contributed by atoms with Crippen LogP contribution in [0.1, 0.15) is 23.5 Å². The van der Waals surface area contributed by atoms with Crippen LogP contribution in [0.3, 0.4) is 0 Å². The van der Waals surface area contributed by atoms with Gasteiger partial charge in [-0.1, -0.05) is 11.8 Å². The van der Waals surface area contributed by atoms with Crippen LogP contribution in [0.4, 0.5) is 0 Å². The van der Waals surface area contributed by atoms with Crippen LogP contribution in [0, 0.1) is 0 Å². The summed E-state index contributed by atoms with van der Waals surface area (Å²) in [6, 6.07) is 1.81. The van der Waals surface area contributed by atoms with Crippen molar-refractivity contribution in [1.29, 1.82) is 0 Å². The molecule has 2 N–H and O–H groups in total. The molecule has 0 aliphatic rings. The SMILES string of the molecule is COCc1cc(C(O)C(O)CSC(C)=O)cs1. The van der Waals surface area contributed by atoms with Crippen LogP contribution >= 0.6 is 23.1 Å². The lowest BCUT2D eigenvalue weighted by atomic mass is 10.1. The first kappa shape index (κ1) is 14.7. The average molecular weight is 276 g/mol. The number of thioether (sulfide) groups is 1. The van der Waals surface area contributed by atoms with Gasteiger partial charge in [0.25, 0.3) is 0 Å². The Hall–Kier alpha value is -0.400. The van der Waals surface area contributed by atoms with E-state index in [0.717, 1.165) is 16.6 Å². The first-order valence-corrected chi connectivity index (χ1v) is 6.97. The average Bonchev–Trinajstić information content (AvgIpc) is 2.74. The van der Waals surface area contributed by atoms with E-state index in [-0.39, 0.29) is 10.9 Å². The minimum absolute atomic E-state index is 0.0679. The predicted molar refractivity (Wildman–Crippen MR) is 69.1 cm³/mol. The summed E-state index contributed by atoms with van der Waals surface area (Å²) in [6.07, 6.45) is -1.89. The molecule has 2 atom stereocenters. The number of carbonyl (C=O) groups excluding carboxylic acids is 1. The van der Waals surface area contributed by atoms with E-state index in [2.05, 4.69) is 0 Å². The predicted octanol–water partition coefficient (Wildman–Crippen LogP) is 1.57. The summed E-state index contributed by atoms with van der Waals surface area (Å²) >= 11 is 2.48. The molecule has 6 heteroatoms. The highest BCUT2D eigenvalue weighted by atomic mass is 32.2. The van der Waals surface area contributed by atoms with Crippen LogP contribution in [0.2, 0.25) is 0 Å². The molecule has 0 aliphatic heterocycles. The smallest absolute Gasteiger partial charge is 0.185 e. The zero-order chi connectivity index (χ0) is 12.8. The molecule has 0 spiro atoms. The van der Waals surface area contributed by atoms with Crippen molar-refractivity contribution in [2.45, 2.75) is 25.7 Å². The van der Waals surface area contributed by atoms with Gasteiger partial charge in [-0.3, -0.25) is 4.79 Å². The molecule has 0 saturated heterocycles. The zero-order valence-corrected chi connectivity index (χ0v) is 11.4. The van der Waals surface area contributed by atoms with Crippen LogP contribution in [0.25, 0.3) is 0 Å². The lowest BCUT2D eigenvalue weighted by molar-refractivity contribution is -0.109. The van der Waals surface area contributed by atoms with Gasteiger partial charge in [0.05, 0.1) is 12.7 Å². The van der Waals surface area contributed by atoms with Crippen LogP contribution in [0.5, 0.6) is 0 Å². The summed E-state index contributed by atoms with van der Waals surface area (Å²) < 4.78 is 4.98. The molecule has 0 fully saturated rings. The molecule has 17 heavy (non-hydrogen) atoms. The number of thiophene rings is 1. The molecular weight excluding hydrogens is 260 g/mol. The first-order chi connectivity index (χ1) is 8.04. The van der Waals surface area contributed by atoms with E-state index in [9.17, 15) is 15.0 Å². The van der Waals surface area contributed by atoms with Gasteiger partial charge in [-0.05, 0) is 17.0 Å². The van der Waals surface area contributed by atoms with Crippen LogP contribution in [-0.4, -0.2) is 34.3 Å². The molecule has 4 nitrogen and oxygen atoms in total. The van der Waals surface area contributed by atoms with Gasteiger partial charge in [0.2, 0.25) is 0 Å². The minimum atomic E-state index is -0.955. The Bertz CT molecular complexity index is 364. The maximum atomic E-state index is 10.8. The molecular formula is C11H16O4S2. The van der Waals surface area contributed by atoms with E-state index in [1.165, 1.54) is 18.3 Å². The Kier molecular flexibility index (Phi) is 6.15. The Morgan fingerprint density at radius 2 is 2.29 bits per heavy atom. The van der Waals surface area contributed by atoms with Gasteiger partial charge < -0.3 is 14.9 Å². The number of rotatable bonds is 6. The third kappa shape index (κ3) is 4.77. The van der Waals surface area contributed by atoms with E-state index >= 15 is 0 Å². The van der Waals surface area contributed by atoms with E-state index in [0.29, 0.717) is 12.2 Å². The molecule has 0 saturated carbocycles. The van der Waals surface area contributed by atoms with Crippen LogP contribution in [0.15, 0.2) is 11.4 Å². The van der Waals surface area contributed by atoms with Gasteiger partial charge in [0.15, 0.2) is 5.12 Å². The van der Waals surface area contributed by atoms with Crippen molar-refractivity contribution in [3.05, 3.63) is 21.9 Å². The Morgan fingerprint density at radius 1 is 1.59 bits per heavy atom. The summed E-state index contributed by atoms with van der Waals surface area (Å²) in [4.78, 5) is 11.7. The second kappa shape index (κ2) is 7.13. The number of methoxy groups -OCH3 is 1. The van der Waals surface area contributed by atoms with Gasteiger partial charge in [-0.25, -0.2) is 0 Å². The summed E-state index contributed by atoms with van der Waals surface area (Å²) in [7, 11) is 1.61. The van der Waals surface area contributed by atoms with Crippen molar-refractivity contribution in [3.63, 3.8) is 0 Å². The maximum Gasteiger partial charge on any atom is 0.185 e. The second-order valence-corrected chi connectivity index (χ2v) is 5.79. The number of hydrogen-bond donors (Lipinski definition) is 2. The highest BCUT2D eigenvalue weighted by Crippen LogP contribution is 2.25. The second-order valence-electron chi connectivity index (χ2n) is 3.59. The fraction of sp³-hybridized carbons (Fsp3) is 0.545. The minimum Gasteiger partial charge on any atom is -0.389 e. The number of ether oxygens (including phenoxy) is 1. The lowest BCUT2D eigenvalue weighted by Crippen LogP contribution is -2.20. The van der Waals surface area contributed by atoms with Crippen molar-refractivity contribution in [1.82, 2.24) is 0 Å². The normalized spacial score (nSPS) is 14.6. The van der Waals surface area contributed by atoms with Gasteiger partial charge in [-0.2, -0.15) is 0 Å². The number of carbonyl (C=O) groups is 1. The highest BCUT2D eigenvalue weighted by molar-refractivity contribution is 8.13. The van der Waals surface area contributed by atoms with Gasteiger partial charge >= 0.3 is 0 Å². The standard InChI is InChI=1S/C11H16O4S2/c1-7(12)16-6-10(13)11(14)8-3-9(4-15-2)17-5-8/h3,5,10-11,13-14H,4,6H2,1-2H3. The van der Waals surface area contributed by atoms with Crippen molar-refractivity contribution >= 4 is 28.2 Å². The van der Waals surface area contributed by atoms with Gasteiger partial charge in [-0.15, -0.1) is 11.3 Å². The van der Waals surface area contributed by atoms with Crippen LogP contribution < -0.4 is 0 Å². The lowest BCUT2D eigenvalue weighted by Gasteiger charge is -2.15. The monoisotopic (exact) mass is 276 g/mol. The molecule has 0 radical (unpaired) electrons. The van der Waals surface area contributed by atoms with Crippen molar-refractivity contribution < 1.29 is 19.7 Å². The molecule has 0 aliphatic carbocycles. The Morgan fingerprint density at radius 3 is 2.88 bits per heavy atom. The highest BCUT2D eigenvalue weighted by Gasteiger charge is 2.20. The number of aliphatic hydroxyl groups excluding tert-OH is 2. The number of hydrogen-bond acceptors (Lipinski definition) is 6. The van der Waals surface area contributed by atoms with E-state index in [4.69, 9.17) is 4.74 Å². The Balaban J connectivity index is 2.54. The number of aliphatic hydroxyl groups is 2. The topological polar surface area (TPSA) is 66.8 Å². The quantitative estimate of drug-likeness (QED) is 0.825. The molecule has 1 aromatic heterocycles. The molecule has 0 aromatic carbocycles. The van der Waals surface area contributed by atoms with E-state index < -0.39 is 12.2 Å². The molecule has 1 aromatic rings. The molecule has 0 bridgehead atoms. The van der Waals surface area contributed by atoms with Crippen molar-refractivity contribution in [3.8, 4) is 0 Å². The van der Waals surface area contributed by atoms with E-state index in [1.807, 2.05) is 0 Å². The maximum absolute atomic E-state index is 10.8. The van der Waals surface area contributed by atoms with Gasteiger partial charge in [0.1, 0.15) is 6.10 Å². The molecule has 96 valence electrons. The summed E-state index contributed by atoms with van der Waals surface area (Å²) in [6.45, 7) is 1.93. The van der Waals surface area contributed by atoms with Crippen molar-refractivity contribution in [2.24, 2.45) is 0 Å². The Labute approximate surface area is 109 Å². The third-order valence-corrected chi connectivity index (χ3v) is 3.97. The molecule has 1 heterocycles.